The minimum Gasteiger partial charge on any atom is -0.493 e. The third-order valence-corrected chi connectivity index (χ3v) is 5.32. The Bertz CT molecular complexity index is 886. The van der Waals surface area contributed by atoms with Gasteiger partial charge in [-0.05, 0) is 41.8 Å². The van der Waals surface area contributed by atoms with Gasteiger partial charge in [0.1, 0.15) is 6.54 Å². The predicted molar refractivity (Wildman–Crippen MR) is 109 cm³/mol. The number of imide groups is 1. The van der Waals surface area contributed by atoms with Crippen LogP contribution in [0.5, 0.6) is 11.5 Å². The summed E-state index contributed by atoms with van der Waals surface area (Å²) < 4.78 is 11.6. The molecule has 3 amide bonds. The molecule has 1 unspecified atom stereocenters. The van der Waals surface area contributed by atoms with Crippen molar-refractivity contribution in [3.8, 4) is 11.5 Å². The first kappa shape index (κ1) is 20.2. The van der Waals surface area contributed by atoms with Crippen LogP contribution in [-0.2, 0) is 11.3 Å². The molecule has 28 heavy (non-hydrogen) atoms. The Labute approximate surface area is 173 Å². The van der Waals surface area contributed by atoms with E-state index in [1.807, 2.05) is 43.3 Å². The van der Waals surface area contributed by atoms with Crippen LogP contribution >= 0.6 is 15.9 Å². The number of urea groups is 1. The Morgan fingerprint density at radius 3 is 2.46 bits per heavy atom. The molecular formula is C21H23BrN2O4. The molecule has 2 aromatic carbocycles. The van der Waals surface area contributed by atoms with Gasteiger partial charge in [-0.25, -0.2) is 4.79 Å². The Morgan fingerprint density at radius 1 is 1.07 bits per heavy atom. The Balaban J connectivity index is 1.84. The first-order valence-electron chi connectivity index (χ1n) is 9.05. The fraction of sp³-hybridized carbons (Fsp3) is 0.333. The van der Waals surface area contributed by atoms with Gasteiger partial charge in [0.25, 0.3) is 5.91 Å². The van der Waals surface area contributed by atoms with Gasteiger partial charge >= 0.3 is 6.03 Å². The smallest absolute Gasteiger partial charge is 0.328 e. The fourth-order valence-electron chi connectivity index (χ4n) is 3.48. The lowest BCUT2D eigenvalue weighted by molar-refractivity contribution is -0.127. The molecule has 0 spiro atoms. The number of methoxy groups -OCH3 is 2. The number of hydrogen-bond donors (Lipinski definition) is 0. The summed E-state index contributed by atoms with van der Waals surface area (Å²) in [6.45, 7) is 2.43. The number of nitrogens with zero attached hydrogens (tertiary/aromatic N) is 2. The lowest BCUT2D eigenvalue weighted by atomic mass is 10.0. The summed E-state index contributed by atoms with van der Waals surface area (Å²) in [5.41, 5.74) is 1.81. The van der Waals surface area contributed by atoms with E-state index in [4.69, 9.17) is 9.47 Å². The van der Waals surface area contributed by atoms with Gasteiger partial charge in [-0.15, -0.1) is 0 Å². The van der Waals surface area contributed by atoms with Gasteiger partial charge in [-0.2, -0.15) is 0 Å². The molecule has 1 aliphatic heterocycles. The topological polar surface area (TPSA) is 59.1 Å². The van der Waals surface area contributed by atoms with Crippen molar-refractivity contribution >= 4 is 27.9 Å². The zero-order valence-electron chi connectivity index (χ0n) is 16.1. The van der Waals surface area contributed by atoms with E-state index in [-0.39, 0.29) is 24.5 Å². The van der Waals surface area contributed by atoms with Crippen LogP contribution in [0.2, 0.25) is 0 Å². The van der Waals surface area contributed by atoms with Crippen LogP contribution in [0.4, 0.5) is 4.79 Å². The molecule has 1 atom stereocenters. The first-order valence-corrected chi connectivity index (χ1v) is 9.85. The van der Waals surface area contributed by atoms with E-state index in [1.54, 1.807) is 25.2 Å². The molecule has 0 radical (unpaired) electrons. The zero-order valence-corrected chi connectivity index (χ0v) is 17.7. The lowest BCUT2D eigenvalue weighted by Gasteiger charge is -2.26. The molecule has 1 aliphatic rings. The standard InChI is InChI=1S/C21H23BrN2O4/c1-4-17(15-8-9-18(27-2)19(11-15)28-3)24-20(25)13-23(21(24)26)12-14-6-5-7-16(22)10-14/h5-11,17H,4,12-13H2,1-3H3. The van der Waals surface area contributed by atoms with Gasteiger partial charge in [0, 0.05) is 11.0 Å². The van der Waals surface area contributed by atoms with Crippen molar-refractivity contribution in [1.29, 1.82) is 0 Å². The molecule has 6 nitrogen and oxygen atoms in total. The van der Waals surface area contributed by atoms with E-state index < -0.39 is 0 Å². The molecule has 1 saturated heterocycles. The van der Waals surface area contributed by atoms with Crippen molar-refractivity contribution in [3.05, 3.63) is 58.1 Å². The Hall–Kier alpha value is -2.54. The van der Waals surface area contributed by atoms with E-state index in [2.05, 4.69) is 15.9 Å². The molecule has 148 valence electrons. The van der Waals surface area contributed by atoms with Crippen molar-refractivity contribution in [1.82, 2.24) is 9.80 Å². The van der Waals surface area contributed by atoms with Crippen molar-refractivity contribution in [3.63, 3.8) is 0 Å². The first-order chi connectivity index (χ1) is 13.5. The van der Waals surface area contributed by atoms with Crippen molar-refractivity contribution < 1.29 is 19.1 Å². The number of ether oxygens (including phenoxy) is 2. The van der Waals surface area contributed by atoms with Gasteiger partial charge in [0.2, 0.25) is 0 Å². The average Bonchev–Trinajstić information content (AvgIpc) is 2.96. The van der Waals surface area contributed by atoms with Crippen LogP contribution in [0.3, 0.4) is 0 Å². The fourth-order valence-corrected chi connectivity index (χ4v) is 3.93. The van der Waals surface area contributed by atoms with E-state index >= 15 is 0 Å². The molecule has 2 aromatic rings. The van der Waals surface area contributed by atoms with Gasteiger partial charge in [-0.3, -0.25) is 9.69 Å². The lowest BCUT2D eigenvalue weighted by Crippen LogP contribution is -2.36. The molecule has 3 rings (SSSR count). The highest BCUT2D eigenvalue weighted by Gasteiger charge is 2.40. The third kappa shape index (κ3) is 3.99. The molecule has 1 fully saturated rings. The maximum atomic E-state index is 13.0. The highest BCUT2D eigenvalue weighted by atomic mass is 79.9. The quantitative estimate of drug-likeness (QED) is 0.592. The summed E-state index contributed by atoms with van der Waals surface area (Å²) >= 11 is 3.44. The minimum atomic E-state index is -0.354. The molecule has 0 N–H and O–H groups in total. The number of halogens is 1. The van der Waals surface area contributed by atoms with E-state index in [0.717, 1.165) is 15.6 Å². The van der Waals surface area contributed by atoms with E-state index in [1.165, 1.54) is 4.90 Å². The maximum Gasteiger partial charge on any atom is 0.328 e. The summed E-state index contributed by atoms with van der Waals surface area (Å²) in [5.74, 6) is 0.988. The van der Waals surface area contributed by atoms with E-state index in [0.29, 0.717) is 24.5 Å². The Kier molecular flexibility index (Phi) is 6.24. The number of hydrogen-bond acceptors (Lipinski definition) is 4. The number of rotatable bonds is 7. The summed E-state index contributed by atoms with van der Waals surface area (Å²) in [6.07, 6.45) is 0.609. The molecule has 1 heterocycles. The van der Waals surface area contributed by atoms with Gasteiger partial charge < -0.3 is 14.4 Å². The van der Waals surface area contributed by atoms with Gasteiger partial charge in [0.05, 0.1) is 20.3 Å². The largest absolute Gasteiger partial charge is 0.493 e. The number of amides is 3. The number of benzene rings is 2. The van der Waals surface area contributed by atoms with Crippen molar-refractivity contribution in [2.24, 2.45) is 0 Å². The molecule has 0 saturated carbocycles. The normalized spacial score (nSPS) is 15.1. The number of carbonyl (C=O) groups is 2. The van der Waals surface area contributed by atoms with Crippen LogP contribution in [0.15, 0.2) is 46.9 Å². The van der Waals surface area contributed by atoms with Crippen LogP contribution in [-0.4, -0.2) is 42.5 Å². The summed E-state index contributed by atoms with van der Waals surface area (Å²) in [5, 5.41) is 0. The minimum absolute atomic E-state index is 0.0785. The van der Waals surface area contributed by atoms with E-state index in [9.17, 15) is 9.59 Å². The van der Waals surface area contributed by atoms with Crippen LogP contribution in [0, 0.1) is 0 Å². The second kappa shape index (κ2) is 8.65. The van der Waals surface area contributed by atoms with Crippen LogP contribution in [0.25, 0.3) is 0 Å². The predicted octanol–water partition coefficient (Wildman–Crippen LogP) is 4.38. The van der Waals surface area contributed by atoms with Crippen LogP contribution in [0.1, 0.15) is 30.5 Å². The van der Waals surface area contributed by atoms with Gasteiger partial charge in [-0.1, -0.05) is 41.1 Å². The van der Waals surface area contributed by atoms with Crippen molar-refractivity contribution in [2.75, 3.05) is 20.8 Å². The third-order valence-electron chi connectivity index (χ3n) is 4.82. The SMILES string of the molecule is CCC(c1ccc(OC)c(OC)c1)N1C(=O)CN(Cc2cccc(Br)c2)C1=O. The van der Waals surface area contributed by atoms with Crippen molar-refractivity contribution in [2.45, 2.75) is 25.9 Å². The molecular weight excluding hydrogens is 424 g/mol. The maximum absolute atomic E-state index is 13.0. The highest BCUT2D eigenvalue weighted by Crippen LogP contribution is 2.35. The molecule has 0 bridgehead atoms. The zero-order chi connectivity index (χ0) is 20.3. The average molecular weight is 447 g/mol. The number of carbonyl (C=O) groups excluding carboxylic acids is 2. The molecule has 0 aromatic heterocycles. The molecule has 7 heteroatoms. The van der Waals surface area contributed by atoms with Gasteiger partial charge in [0.15, 0.2) is 11.5 Å². The second-order valence-electron chi connectivity index (χ2n) is 6.57. The Morgan fingerprint density at radius 2 is 1.82 bits per heavy atom. The second-order valence-corrected chi connectivity index (χ2v) is 7.49. The summed E-state index contributed by atoms with van der Waals surface area (Å²) in [4.78, 5) is 28.7. The molecule has 0 aliphatic carbocycles. The summed E-state index contributed by atoms with van der Waals surface area (Å²) in [7, 11) is 3.14. The highest BCUT2D eigenvalue weighted by molar-refractivity contribution is 9.10. The monoisotopic (exact) mass is 446 g/mol. The van der Waals surface area contributed by atoms with Crippen LogP contribution < -0.4 is 9.47 Å². The summed E-state index contributed by atoms with van der Waals surface area (Å²) in [6, 6.07) is 12.6.